The topological polar surface area (TPSA) is 58.9 Å². The Morgan fingerprint density at radius 1 is 1.11 bits per heavy atom. The van der Waals surface area contributed by atoms with Crippen LogP contribution in [0.25, 0.3) is 21.9 Å². The molecule has 2 heterocycles. The molecule has 0 saturated heterocycles. The summed E-state index contributed by atoms with van der Waals surface area (Å²) in [5, 5.41) is 11.6. The molecule has 3 aromatic rings. The summed E-state index contributed by atoms with van der Waals surface area (Å²) < 4.78 is 0. The molecule has 0 amide bonds. The van der Waals surface area contributed by atoms with Crippen LogP contribution in [0.2, 0.25) is 0 Å². The predicted octanol–water partition coefficient (Wildman–Crippen LogP) is 2.49. The molecule has 4 nitrogen and oxygen atoms in total. The number of nitrogens with zero attached hydrogens (tertiary/aromatic N) is 3. The minimum atomic E-state index is -0.103. The fourth-order valence-electron chi connectivity index (χ4n) is 2.25. The van der Waals surface area contributed by atoms with E-state index in [0.717, 1.165) is 21.9 Å². The molecule has 94 valence electrons. The molecule has 0 atom stereocenters. The summed E-state index contributed by atoms with van der Waals surface area (Å²) in [6, 6.07) is 6.18. The third-order valence-electron chi connectivity index (χ3n) is 3.12. The first-order valence-electron chi connectivity index (χ1n) is 6.04. The Balaban J connectivity index is 2.37. The van der Waals surface area contributed by atoms with Gasteiger partial charge in [-0.25, -0.2) is 9.97 Å². The quantitative estimate of drug-likeness (QED) is 0.760. The van der Waals surface area contributed by atoms with Crippen LogP contribution in [0.4, 0.5) is 0 Å². The number of hydrogen-bond donors (Lipinski definition) is 1. The Labute approximate surface area is 110 Å². The molecular formula is C15H13N3O. The van der Waals surface area contributed by atoms with E-state index in [1.807, 2.05) is 13.0 Å². The zero-order chi connectivity index (χ0) is 13.2. The normalized spacial score (nSPS) is 10.8. The van der Waals surface area contributed by atoms with Crippen LogP contribution >= 0.6 is 0 Å². The van der Waals surface area contributed by atoms with Gasteiger partial charge in [0, 0.05) is 35.1 Å². The number of aliphatic hydroxyl groups excluding tert-OH is 1. The average molecular weight is 251 g/mol. The second-order valence-electron chi connectivity index (χ2n) is 4.46. The highest BCUT2D eigenvalue weighted by atomic mass is 16.3. The molecule has 0 spiro atoms. The SMILES string of the molecule is Cc1ccc2c(-c3cncnc3)c(CO)ncc2c1. The van der Waals surface area contributed by atoms with Gasteiger partial charge in [-0.05, 0) is 18.4 Å². The Morgan fingerprint density at radius 2 is 1.89 bits per heavy atom. The fourth-order valence-corrected chi connectivity index (χ4v) is 2.25. The highest BCUT2D eigenvalue weighted by Gasteiger charge is 2.11. The van der Waals surface area contributed by atoms with E-state index in [1.54, 1.807) is 18.6 Å². The lowest BCUT2D eigenvalue weighted by Crippen LogP contribution is -1.96. The summed E-state index contributed by atoms with van der Waals surface area (Å²) in [5.74, 6) is 0. The van der Waals surface area contributed by atoms with E-state index in [0.29, 0.717) is 5.69 Å². The molecule has 1 aromatic carbocycles. The van der Waals surface area contributed by atoms with Crippen molar-refractivity contribution in [3.63, 3.8) is 0 Å². The highest BCUT2D eigenvalue weighted by molar-refractivity contribution is 5.97. The van der Waals surface area contributed by atoms with Crippen molar-refractivity contribution in [1.29, 1.82) is 0 Å². The molecule has 0 bridgehead atoms. The van der Waals surface area contributed by atoms with Crippen LogP contribution in [0, 0.1) is 6.92 Å². The Bertz CT molecular complexity index is 726. The van der Waals surface area contributed by atoms with Crippen molar-refractivity contribution in [2.24, 2.45) is 0 Å². The largest absolute Gasteiger partial charge is 0.390 e. The maximum Gasteiger partial charge on any atom is 0.115 e. The fraction of sp³-hybridized carbons (Fsp3) is 0.133. The summed E-state index contributed by atoms with van der Waals surface area (Å²) in [4.78, 5) is 12.4. The maximum absolute atomic E-state index is 9.49. The lowest BCUT2D eigenvalue weighted by molar-refractivity contribution is 0.277. The van der Waals surface area contributed by atoms with Crippen LogP contribution < -0.4 is 0 Å². The van der Waals surface area contributed by atoms with Gasteiger partial charge in [-0.1, -0.05) is 17.7 Å². The van der Waals surface area contributed by atoms with Crippen molar-refractivity contribution < 1.29 is 5.11 Å². The van der Waals surface area contributed by atoms with Gasteiger partial charge in [-0.3, -0.25) is 4.98 Å². The van der Waals surface area contributed by atoms with Crippen LogP contribution in [0.3, 0.4) is 0 Å². The van der Waals surface area contributed by atoms with Gasteiger partial charge in [0.25, 0.3) is 0 Å². The number of rotatable bonds is 2. The number of aromatic nitrogens is 3. The molecule has 0 aliphatic rings. The number of benzene rings is 1. The standard InChI is InChI=1S/C15H13N3O/c1-10-2-3-13-11(4-10)7-18-14(8-19)15(13)12-5-16-9-17-6-12/h2-7,9,19H,8H2,1H3. The summed E-state index contributed by atoms with van der Waals surface area (Å²) in [5.41, 5.74) is 3.60. The van der Waals surface area contributed by atoms with Gasteiger partial charge in [0.05, 0.1) is 12.3 Å². The summed E-state index contributed by atoms with van der Waals surface area (Å²) >= 11 is 0. The van der Waals surface area contributed by atoms with Crippen LogP contribution in [-0.4, -0.2) is 20.1 Å². The lowest BCUT2D eigenvalue weighted by Gasteiger charge is -2.10. The second kappa shape index (κ2) is 4.74. The van der Waals surface area contributed by atoms with Gasteiger partial charge in [-0.15, -0.1) is 0 Å². The number of hydrogen-bond acceptors (Lipinski definition) is 4. The van der Waals surface area contributed by atoms with E-state index >= 15 is 0 Å². The number of aliphatic hydroxyl groups is 1. The van der Waals surface area contributed by atoms with E-state index in [1.165, 1.54) is 11.9 Å². The molecule has 0 saturated carbocycles. The number of pyridine rings is 1. The summed E-state index contributed by atoms with van der Waals surface area (Å²) in [6.07, 6.45) is 6.76. The molecule has 1 N–H and O–H groups in total. The first-order valence-corrected chi connectivity index (χ1v) is 6.04. The predicted molar refractivity (Wildman–Crippen MR) is 73.4 cm³/mol. The Hall–Kier alpha value is -2.33. The van der Waals surface area contributed by atoms with Gasteiger partial charge in [0.15, 0.2) is 0 Å². The van der Waals surface area contributed by atoms with Crippen molar-refractivity contribution >= 4 is 10.8 Å². The maximum atomic E-state index is 9.49. The van der Waals surface area contributed by atoms with Gasteiger partial charge in [-0.2, -0.15) is 0 Å². The minimum Gasteiger partial charge on any atom is -0.390 e. The van der Waals surface area contributed by atoms with Crippen molar-refractivity contribution in [3.05, 3.63) is 54.4 Å². The third-order valence-corrected chi connectivity index (χ3v) is 3.12. The van der Waals surface area contributed by atoms with Gasteiger partial charge in [0.2, 0.25) is 0 Å². The molecule has 19 heavy (non-hydrogen) atoms. The van der Waals surface area contributed by atoms with Crippen molar-refractivity contribution in [3.8, 4) is 11.1 Å². The van der Waals surface area contributed by atoms with E-state index in [2.05, 4.69) is 27.1 Å². The molecule has 0 aliphatic carbocycles. The van der Waals surface area contributed by atoms with Crippen molar-refractivity contribution in [2.75, 3.05) is 0 Å². The average Bonchev–Trinajstić information content (AvgIpc) is 2.46. The van der Waals surface area contributed by atoms with Crippen molar-refractivity contribution in [1.82, 2.24) is 15.0 Å². The smallest absolute Gasteiger partial charge is 0.115 e. The van der Waals surface area contributed by atoms with Crippen LogP contribution in [-0.2, 0) is 6.61 Å². The first kappa shape index (κ1) is 11.7. The van der Waals surface area contributed by atoms with E-state index < -0.39 is 0 Å². The van der Waals surface area contributed by atoms with E-state index in [4.69, 9.17) is 0 Å². The molecule has 3 rings (SSSR count). The molecule has 0 radical (unpaired) electrons. The molecular weight excluding hydrogens is 238 g/mol. The molecule has 0 fully saturated rings. The number of fused-ring (bicyclic) bond motifs is 1. The van der Waals surface area contributed by atoms with Crippen LogP contribution in [0.1, 0.15) is 11.3 Å². The number of aryl methyl sites for hydroxylation is 1. The third kappa shape index (κ3) is 2.06. The van der Waals surface area contributed by atoms with Crippen LogP contribution in [0.15, 0.2) is 43.1 Å². The molecule has 4 heteroatoms. The van der Waals surface area contributed by atoms with E-state index in [9.17, 15) is 5.11 Å². The minimum absolute atomic E-state index is 0.103. The summed E-state index contributed by atoms with van der Waals surface area (Å²) in [7, 11) is 0. The first-order chi connectivity index (χ1) is 9.29. The Kier molecular flexibility index (Phi) is 2.93. The molecule has 0 unspecified atom stereocenters. The van der Waals surface area contributed by atoms with Gasteiger partial charge >= 0.3 is 0 Å². The lowest BCUT2D eigenvalue weighted by atomic mass is 9.98. The summed E-state index contributed by atoms with van der Waals surface area (Å²) in [6.45, 7) is 1.94. The zero-order valence-electron chi connectivity index (χ0n) is 10.5. The molecule has 0 aliphatic heterocycles. The van der Waals surface area contributed by atoms with Crippen molar-refractivity contribution in [2.45, 2.75) is 13.5 Å². The van der Waals surface area contributed by atoms with E-state index in [-0.39, 0.29) is 6.61 Å². The Morgan fingerprint density at radius 3 is 2.63 bits per heavy atom. The van der Waals surface area contributed by atoms with Gasteiger partial charge in [0.1, 0.15) is 6.33 Å². The monoisotopic (exact) mass is 251 g/mol. The van der Waals surface area contributed by atoms with Gasteiger partial charge < -0.3 is 5.11 Å². The second-order valence-corrected chi connectivity index (χ2v) is 4.46. The van der Waals surface area contributed by atoms with Crippen LogP contribution in [0.5, 0.6) is 0 Å². The highest BCUT2D eigenvalue weighted by Crippen LogP contribution is 2.30. The molecule has 2 aromatic heterocycles. The zero-order valence-corrected chi connectivity index (χ0v) is 10.5.